The zero-order valence-corrected chi connectivity index (χ0v) is 9.96. The number of nitrogens with zero attached hydrogens (tertiary/aromatic N) is 1. The molecule has 0 amide bonds. The van der Waals surface area contributed by atoms with Crippen LogP contribution in [-0.4, -0.2) is 26.2 Å². The minimum absolute atomic E-state index is 0.0945. The molecule has 1 saturated heterocycles. The highest BCUT2D eigenvalue weighted by Gasteiger charge is 2.19. The maximum absolute atomic E-state index is 13.8. The summed E-state index contributed by atoms with van der Waals surface area (Å²) in [5, 5.41) is 3.28. The topological polar surface area (TPSA) is 15.3 Å². The third kappa shape index (κ3) is 2.35. The first-order chi connectivity index (χ1) is 7.70. The Morgan fingerprint density at radius 1 is 1.31 bits per heavy atom. The van der Waals surface area contributed by atoms with E-state index in [1.807, 2.05) is 26.1 Å². The Hall–Kier alpha value is -1.09. The largest absolute Gasteiger partial charge is 0.369 e. The summed E-state index contributed by atoms with van der Waals surface area (Å²) in [6.45, 7) is 3.79. The minimum atomic E-state index is -0.0945. The van der Waals surface area contributed by atoms with Gasteiger partial charge >= 0.3 is 0 Å². The van der Waals surface area contributed by atoms with Crippen molar-refractivity contribution in [1.29, 1.82) is 0 Å². The molecule has 1 N–H and O–H groups in total. The van der Waals surface area contributed by atoms with Crippen LogP contribution in [0.4, 0.5) is 10.1 Å². The molecule has 0 radical (unpaired) electrons. The number of anilines is 1. The summed E-state index contributed by atoms with van der Waals surface area (Å²) < 4.78 is 13.8. The summed E-state index contributed by atoms with van der Waals surface area (Å²) in [4.78, 5) is 2.14. The first kappa shape index (κ1) is 11.4. The molecule has 0 aromatic heterocycles. The maximum Gasteiger partial charge on any atom is 0.146 e. The molecule has 0 spiro atoms. The Morgan fingerprint density at radius 2 is 2.00 bits per heavy atom. The average Bonchev–Trinajstić information content (AvgIpc) is 2.29. The number of hydrogen-bond acceptors (Lipinski definition) is 2. The molecule has 1 heterocycles. The second-order valence-corrected chi connectivity index (χ2v) is 4.50. The highest BCUT2D eigenvalue weighted by Crippen LogP contribution is 2.23. The predicted molar refractivity (Wildman–Crippen MR) is 65.4 cm³/mol. The van der Waals surface area contributed by atoms with Crippen molar-refractivity contribution in [3.8, 4) is 0 Å². The average molecular weight is 222 g/mol. The van der Waals surface area contributed by atoms with Gasteiger partial charge in [0.15, 0.2) is 0 Å². The Labute approximate surface area is 96.5 Å². The fraction of sp³-hybridized carbons (Fsp3) is 0.538. The summed E-state index contributed by atoms with van der Waals surface area (Å²) in [7, 11) is 1.99. The Balaban J connectivity index is 2.08. The lowest BCUT2D eigenvalue weighted by Gasteiger charge is -2.33. The van der Waals surface area contributed by atoms with Crippen molar-refractivity contribution in [2.75, 3.05) is 25.0 Å². The Kier molecular flexibility index (Phi) is 3.44. The van der Waals surface area contributed by atoms with Crippen LogP contribution in [0.15, 0.2) is 18.2 Å². The van der Waals surface area contributed by atoms with E-state index in [9.17, 15) is 4.39 Å². The molecule has 1 aliphatic heterocycles. The molecule has 0 atom stereocenters. The van der Waals surface area contributed by atoms with Gasteiger partial charge in [-0.3, -0.25) is 0 Å². The SMILES string of the molecule is CNC1CCN(c2ccc(C)cc2F)CC1. The quantitative estimate of drug-likeness (QED) is 0.826. The van der Waals surface area contributed by atoms with Crippen LogP contribution >= 0.6 is 0 Å². The Morgan fingerprint density at radius 3 is 2.56 bits per heavy atom. The summed E-state index contributed by atoms with van der Waals surface area (Å²) in [5.41, 5.74) is 1.73. The molecule has 3 heteroatoms. The molecule has 88 valence electrons. The van der Waals surface area contributed by atoms with Gasteiger partial charge in [-0.1, -0.05) is 6.07 Å². The van der Waals surface area contributed by atoms with Gasteiger partial charge in [-0.05, 0) is 44.5 Å². The van der Waals surface area contributed by atoms with Crippen LogP contribution in [0.1, 0.15) is 18.4 Å². The molecule has 0 bridgehead atoms. The lowest BCUT2D eigenvalue weighted by Crippen LogP contribution is -2.41. The van der Waals surface area contributed by atoms with Gasteiger partial charge in [0.25, 0.3) is 0 Å². The summed E-state index contributed by atoms with van der Waals surface area (Å²) in [5.74, 6) is -0.0945. The van der Waals surface area contributed by atoms with Gasteiger partial charge in [0.05, 0.1) is 5.69 Å². The molecular weight excluding hydrogens is 203 g/mol. The van der Waals surface area contributed by atoms with Crippen molar-refractivity contribution in [2.45, 2.75) is 25.8 Å². The van der Waals surface area contributed by atoms with Gasteiger partial charge in [-0.2, -0.15) is 0 Å². The molecule has 0 unspecified atom stereocenters. The summed E-state index contributed by atoms with van der Waals surface area (Å²) in [6.07, 6.45) is 2.17. The molecule has 1 aliphatic rings. The Bertz CT molecular complexity index is 357. The predicted octanol–water partition coefficient (Wildman–Crippen LogP) is 2.32. The number of piperidine rings is 1. The summed E-state index contributed by atoms with van der Waals surface area (Å²) in [6, 6.07) is 6.07. The smallest absolute Gasteiger partial charge is 0.146 e. The fourth-order valence-corrected chi connectivity index (χ4v) is 2.28. The fourth-order valence-electron chi connectivity index (χ4n) is 2.28. The number of halogens is 1. The molecule has 1 fully saturated rings. The van der Waals surface area contributed by atoms with E-state index in [1.165, 1.54) is 0 Å². The third-order valence-corrected chi connectivity index (χ3v) is 3.35. The number of hydrogen-bond donors (Lipinski definition) is 1. The third-order valence-electron chi connectivity index (χ3n) is 3.35. The van der Waals surface area contributed by atoms with Gasteiger partial charge < -0.3 is 10.2 Å². The molecule has 1 aromatic rings. The number of benzene rings is 1. The molecule has 0 saturated carbocycles. The first-order valence-corrected chi connectivity index (χ1v) is 5.89. The zero-order valence-electron chi connectivity index (χ0n) is 9.96. The van der Waals surface area contributed by atoms with Gasteiger partial charge in [0.1, 0.15) is 5.82 Å². The molecule has 2 nitrogen and oxygen atoms in total. The van der Waals surface area contributed by atoms with E-state index in [-0.39, 0.29) is 5.82 Å². The second-order valence-electron chi connectivity index (χ2n) is 4.50. The molecular formula is C13H19FN2. The van der Waals surface area contributed by atoms with E-state index < -0.39 is 0 Å². The normalized spacial score (nSPS) is 17.8. The van der Waals surface area contributed by atoms with Crippen molar-refractivity contribution >= 4 is 5.69 Å². The van der Waals surface area contributed by atoms with Crippen LogP contribution in [0.5, 0.6) is 0 Å². The van der Waals surface area contributed by atoms with Crippen molar-refractivity contribution in [3.05, 3.63) is 29.6 Å². The van der Waals surface area contributed by atoms with E-state index in [0.717, 1.165) is 37.2 Å². The van der Waals surface area contributed by atoms with Gasteiger partial charge in [0, 0.05) is 19.1 Å². The van der Waals surface area contributed by atoms with Crippen LogP contribution in [0, 0.1) is 12.7 Å². The van der Waals surface area contributed by atoms with Gasteiger partial charge in [-0.15, -0.1) is 0 Å². The van der Waals surface area contributed by atoms with E-state index in [4.69, 9.17) is 0 Å². The van der Waals surface area contributed by atoms with Crippen molar-refractivity contribution in [3.63, 3.8) is 0 Å². The van der Waals surface area contributed by atoms with Crippen molar-refractivity contribution < 1.29 is 4.39 Å². The molecule has 2 rings (SSSR count). The molecule has 1 aromatic carbocycles. The minimum Gasteiger partial charge on any atom is -0.369 e. The van der Waals surface area contributed by atoms with E-state index in [2.05, 4.69) is 10.2 Å². The van der Waals surface area contributed by atoms with Crippen molar-refractivity contribution in [2.24, 2.45) is 0 Å². The van der Waals surface area contributed by atoms with Crippen LogP contribution in [-0.2, 0) is 0 Å². The molecule has 0 aliphatic carbocycles. The van der Waals surface area contributed by atoms with Gasteiger partial charge in [0.2, 0.25) is 0 Å². The van der Waals surface area contributed by atoms with Crippen LogP contribution < -0.4 is 10.2 Å². The van der Waals surface area contributed by atoms with E-state index in [0.29, 0.717) is 6.04 Å². The number of aryl methyl sites for hydroxylation is 1. The van der Waals surface area contributed by atoms with Crippen LogP contribution in [0.25, 0.3) is 0 Å². The lowest BCUT2D eigenvalue weighted by molar-refractivity contribution is 0.439. The van der Waals surface area contributed by atoms with Gasteiger partial charge in [-0.25, -0.2) is 4.39 Å². The lowest BCUT2D eigenvalue weighted by atomic mass is 10.0. The van der Waals surface area contributed by atoms with Crippen LogP contribution in [0.3, 0.4) is 0 Å². The van der Waals surface area contributed by atoms with E-state index >= 15 is 0 Å². The zero-order chi connectivity index (χ0) is 11.5. The maximum atomic E-state index is 13.8. The number of rotatable bonds is 2. The first-order valence-electron chi connectivity index (χ1n) is 5.89. The molecule has 16 heavy (non-hydrogen) atoms. The van der Waals surface area contributed by atoms with Crippen LogP contribution in [0.2, 0.25) is 0 Å². The summed E-state index contributed by atoms with van der Waals surface area (Å²) >= 11 is 0. The highest BCUT2D eigenvalue weighted by molar-refractivity contribution is 5.49. The standard InChI is InChI=1S/C13H19FN2/c1-10-3-4-13(12(14)9-10)16-7-5-11(15-2)6-8-16/h3-4,9,11,15H,5-8H2,1-2H3. The number of nitrogens with one attached hydrogen (secondary N) is 1. The van der Waals surface area contributed by atoms with E-state index in [1.54, 1.807) is 6.07 Å². The highest BCUT2D eigenvalue weighted by atomic mass is 19.1. The monoisotopic (exact) mass is 222 g/mol. The second kappa shape index (κ2) is 4.83. The van der Waals surface area contributed by atoms with Crippen molar-refractivity contribution in [1.82, 2.24) is 5.32 Å².